The number of hydrogen-bond acceptors (Lipinski definition) is 4. The van der Waals surface area contributed by atoms with Crippen molar-refractivity contribution in [1.29, 1.82) is 0 Å². The van der Waals surface area contributed by atoms with Gasteiger partial charge >= 0.3 is 0 Å². The fourth-order valence-corrected chi connectivity index (χ4v) is 5.33. The van der Waals surface area contributed by atoms with E-state index >= 15 is 0 Å². The van der Waals surface area contributed by atoms with Gasteiger partial charge in [0.1, 0.15) is 0 Å². The highest BCUT2D eigenvalue weighted by molar-refractivity contribution is 7.92. The molecule has 1 aliphatic rings. The van der Waals surface area contributed by atoms with Crippen LogP contribution in [0.15, 0.2) is 42.5 Å². The Bertz CT molecular complexity index is 1050. The zero-order valence-electron chi connectivity index (χ0n) is 20.3. The quantitative estimate of drug-likeness (QED) is 0.559. The second-order valence-electron chi connectivity index (χ2n) is 9.41. The third-order valence-corrected chi connectivity index (χ3v) is 7.38. The summed E-state index contributed by atoms with van der Waals surface area (Å²) in [4.78, 5) is 15.0. The molecule has 1 aliphatic heterocycles. The lowest BCUT2D eigenvalue weighted by molar-refractivity contribution is 0.0950. The highest BCUT2D eigenvalue weighted by Gasteiger charge is 2.20. The van der Waals surface area contributed by atoms with Crippen LogP contribution in [0.1, 0.15) is 53.2 Å². The van der Waals surface area contributed by atoms with Gasteiger partial charge in [0.2, 0.25) is 10.0 Å². The lowest BCUT2D eigenvalue weighted by atomic mass is 10.0. The van der Waals surface area contributed by atoms with Crippen LogP contribution in [0.2, 0.25) is 0 Å². The maximum atomic E-state index is 12.5. The van der Waals surface area contributed by atoms with Gasteiger partial charge in [-0.05, 0) is 87.0 Å². The molecule has 2 aromatic rings. The predicted octanol–water partition coefficient (Wildman–Crippen LogP) is 4.12. The van der Waals surface area contributed by atoms with Crippen LogP contribution in [0.25, 0.3) is 0 Å². The van der Waals surface area contributed by atoms with Crippen molar-refractivity contribution in [1.82, 2.24) is 10.2 Å². The number of rotatable bonds is 9. The minimum atomic E-state index is -3.46. The molecule has 0 aromatic heterocycles. The van der Waals surface area contributed by atoms with Crippen molar-refractivity contribution >= 4 is 21.6 Å². The Labute approximate surface area is 199 Å². The summed E-state index contributed by atoms with van der Waals surface area (Å²) in [5.41, 5.74) is 4.01. The molecule has 33 heavy (non-hydrogen) atoms. The number of anilines is 1. The molecule has 1 fully saturated rings. The number of sulfonamides is 1. The summed E-state index contributed by atoms with van der Waals surface area (Å²) in [6.07, 6.45) is 4.74. The van der Waals surface area contributed by atoms with E-state index in [0.717, 1.165) is 48.7 Å². The molecular weight excluding hydrogens is 434 g/mol. The van der Waals surface area contributed by atoms with Gasteiger partial charge in [0.15, 0.2) is 0 Å². The van der Waals surface area contributed by atoms with Crippen molar-refractivity contribution in [2.75, 3.05) is 36.7 Å². The van der Waals surface area contributed by atoms with Gasteiger partial charge in [0.25, 0.3) is 5.91 Å². The first-order valence-electron chi connectivity index (χ1n) is 11.8. The molecule has 0 bridgehead atoms. The van der Waals surface area contributed by atoms with Crippen molar-refractivity contribution in [2.24, 2.45) is 5.92 Å². The first-order chi connectivity index (χ1) is 15.6. The Morgan fingerprint density at radius 1 is 1.15 bits per heavy atom. The van der Waals surface area contributed by atoms with Gasteiger partial charge < -0.3 is 10.2 Å². The number of nitrogens with one attached hydrogen (secondary N) is 1. The molecule has 3 rings (SSSR count). The number of hydrogen-bond donors (Lipinski definition) is 1. The topological polar surface area (TPSA) is 69.7 Å². The van der Waals surface area contributed by atoms with Crippen LogP contribution in [0.5, 0.6) is 0 Å². The first kappa shape index (κ1) is 25.2. The molecule has 1 heterocycles. The van der Waals surface area contributed by atoms with Crippen LogP contribution < -0.4 is 9.62 Å². The third-order valence-electron chi connectivity index (χ3n) is 6.25. The fourth-order valence-electron chi connectivity index (χ4n) is 4.39. The molecule has 7 heteroatoms. The largest absolute Gasteiger partial charge is 0.352 e. The van der Waals surface area contributed by atoms with Gasteiger partial charge in [0, 0.05) is 18.7 Å². The van der Waals surface area contributed by atoms with E-state index in [1.54, 1.807) is 12.1 Å². The average molecular weight is 472 g/mol. The van der Waals surface area contributed by atoms with Crippen molar-refractivity contribution in [3.05, 3.63) is 64.7 Å². The average Bonchev–Trinajstić information content (AvgIpc) is 2.76. The summed E-state index contributed by atoms with van der Waals surface area (Å²) >= 11 is 0. The molecular formula is C26H37N3O3S. The predicted molar refractivity (Wildman–Crippen MR) is 135 cm³/mol. The fraction of sp³-hybridized carbons (Fsp3) is 0.500. The van der Waals surface area contributed by atoms with E-state index < -0.39 is 10.0 Å². The Morgan fingerprint density at radius 3 is 2.55 bits per heavy atom. The lowest BCUT2D eigenvalue weighted by Gasteiger charge is -2.30. The SMILES string of the molecule is Cc1ccc(C)c(N(Cc2ccc(C(=O)NCCCN3CCCC(C)C3)cc2)S(C)(=O)=O)c1. The van der Waals surface area contributed by atoms with E-state index in [0.29, 0.717) is 17.8 Å². The van der Waals surface area contributed by atoms with Crippen LogP contribution >= 0.6 is 0 Å². The molecule has 2 aromatic carbocycles. The van der Waals surface area contributed by atoms with Crippen LogP contribution in [-0.2, 0) is 16.6 Å². The van der Waals surface area contributed by atoms with E-state index in [9.17, 15) is 13.2 Å². The zero-order valence-corrected chi connectivity index (χ0v) is 21.1. The van der Waals surface area contributed by atoms with E-state index in [4.69, 9.17) is 0 Å². The first-order valence-corrected chi connectivity index (χ1v) is 13.6. The van der Waals surface area contributed by atoms with E-state index in [1.807, 2.05) is 44.2 Å². The summed E-state index contributed by atoms with van der Waals surface area (Å²) in [5.74, 6) is 0.670. The number of nitrogens with zero attached hydrogens (tertiary/aromatic N) is 2. The minimum absolute atomic E-state index is 0.0944. The molecule has 1 N–H and O–H groups in total. The summed E-state index contributed by atoms with van der Waals surface area (Å²) in [6.45, 7) is 10.4. The lowest BCUT2D eigenvalue weighted by Crippen LogP contribution is -2.36. The van der Waals surface area contributed by atoms with Crippen molar-refractivity contribution in [3.63, 3.8) is 0 Å². The number of piperidine rings is 1. The molecule has 1 unspecified atom stereocenters. The van der Waals surface area contributed by atoms with Gasteiger partial charge in [-0.25, -0.2) is 8.42 Å². The monoisotopic (exact) mass is 471 g/mol. The molecule has 1 amide bonds. The van der Waals surface area contributed by atoms with Crippen molar-refractivity contribution < 1.29 is 13.2 Å². The molecule has 180 valence electrons. The van der Waals surface area contributed by atoms with Crippen molar-refractivity contribution in [3.8, 4) is 0 Å². The normalized spacial score (nSPS) is 17.0. The molecule has 0 saturated carbocycles. The molecule has 0 radical (unpaired) electrons. The molecule has 1 saturated heterocycles. The number of aryl methyl sites for hydroxylation is 2. The van der Waals surface area contributed by atoms with Gasteiger partial charge in [-0.15, -0.1) is 0 Å². The summed E-state index contributed by atoms with van der Waals surface area (Å²) in [5, 5.41) is 3.00. The smallest absolute Gasteiger partial charge is 0.251 e. The van der Waals surface area contributed by atoms with Crippen LogP contribution in [0, 0.1) is 19.8 Å². The maximum absolute atomic E-state index is 12.5. The Kier molecular flexibility index (Phi) is 8.54. The molecule has 0 aliphatic carbocycles. The standard InChI is InChI=1S/C26H37N3O3S/c1-20-8-9-22(3)25(17-20)29(33(4,31)32)19-23-10-12-24(13-11-23)26(30)27-14-6-16-28-15-5-7-21(2)18-28/h8-13,17,21H,5-7,14-16,18-19H2,1-4H3,(H,27,30). The van der Waals surface area contributed by atoms with Crippen LogP contribution in [0.3, 0.4) is 0 Å². The highest BCUT2D eigenvalue weighted by Crippen LogP contribution is 2.26. The number of carbonyl (C=O) groups is 1. The van der Waals surface area contributed by atoms with Gasteiger partial charge in [0.05, 0.1) is 18.5 Å². The summed E-state index contributed by atoms with van der Waals surface area (Å²) in [7, 11) is -3.46. The van der Waals surface area contributed by atoms with Gasteiger partial charge in [-0.1, -0.05) is 31.2 Å². The molecule has 0 spiro atoms. The second-order valence-corrected chi connectivity index (χ2v) is 11.3. The number of likely N-dealkylation sites (tertiary alicyclic amines) is 1. The van der Waals surface area contributed by atoms with E-state index in [-0.39, 0.29) is 12.5 Å². The number of carbonyl (C=O) groups excluding carboxylic acids is 1. The second kappa shape index (κ2) is 11.2. The molecule has 6 nitrogen and oxygen atoms in total. The van der Waals surface area contributed by atoms with E-state index in [1.165, 1.54) is 23.4 Å². The highest BCUT2D eigenvalue weighted by atomic mass is 32.2. The van der Waals surface area contributed by atoms with Gasteiger partial charge in [-0.3, -0.25) is 9.10 Å². The Balaban J connectivity index is 1.57. The minimum Gasteiger partial charge on any atom is -0.352 e. The Morgan fingerprint density at radius 2 is 1.88 bits per heavy atom. The van der Waals surface area contributed by atoms with Gasteiger partial charge in [-0.2, -0.15) is 0 Å². The van der Waals surface area contributed by atoms with E-state index in [2.05, 4.69) is 17.1 Å². The number of amides is 1. The summed E-state index contributed by atoms with van der Waals surface area (Å²) in [6, 6.07) is 13.0. The van der Waals surface area contributed by atoms with Crippen LogP contribution in [-0.4, -0.2) is 51.7 Å². The molecule has 1 atom stereocenters. The maximum Gasteiger partial charge on any atom is 0.251 e. The van der Waals surface area contributed by atoms with Crippen LogP contribution in [0.4, 0.5) is 5.69 Å². The Hall–Kier alpha value is -2.38. The number of benzene rings is 2. The summed E-state index contributed by atoms with van der Waals surface area (Å²) < 4.78 is 26.4. The van der Waals surface area contributed by atoms with Crippen molar-refractivity contribution in [2.45, 2.75) is 46.6 Å². The zero-order chi connectivity index (χ0) is 24.0. The third kappa shape index (κ3) is 7.30.